The molecule has 1 heterocycles. The Morgan fingerprint density at radius 3 is 1.57 bits per heavy atom. The summed E-state index contributed by atoms with van der Waals surface area (Å²) in [7, 11) is 9.28. The van der Waals surface area contributed by atoms with Crippen LogP contribution in [0.1, 0.15) is 15.9 Å². The molecular weight excluding hydrogens is 610 g/mol. The van der Waals surface area contributed by atoms with Crippen LogP contribution in [-0.4, -0.2) is 65.1 Å². The molecule has 0 spiro atoms. The number of methoxy groups -OCH3 is 6. The Hall–Kier alpha value is -5.22. The van der Waals surface area contributed by atoms with Crippen LogP contribution in [0.4, 0.5) is 0 Å². The first-order valence-electron chi connectivity index (χ1n) is 14.3. The van der Waals surface area contributed by atoms with E-state index < -0.39 is 0 Å². The van der Waals surface area contributed by atoms with E-state index >= 15 is 0 Å². The van der Waals surface area contributed by atoms with Crippen molar-refractivity contribution in [3.05, 3.63) is 82.9 Å². The fraction of sp³-hybridized carbons (Fsp3) is 0.229. The lowest BCUT2D eigenvalue weighted by Crippen LogP contribution is -2.25. The maximum atomic E-state index is 13.1. The number of amides is 1. The first-order chi connectivity index (χ1) is 22.3. The third-order valence-corrected chi connectivity index (χ3v) is 7.67. The van der Waals surface area contributed by atoms with Crippen molar-refractivity contribution in [1.82, 2.24) is 15.3 Å². The van der Waals surface area contributed by atoms with Crippen LogP contribution >= 0.6 is 11.6 Å². The molecule has 0 atom stereocenters. The van der Waals surface area contributed by atoms with Crippen LogP contribution in [-0.2, 0) is 6.42 Å². The van der Waals surface area contributed by atoms with E-state index in [0.29, 0.717) is 91.6 Å². The Kier molecular flexibility index (Phi) is 9.97. The third kappa shape index (κ3) is 6.57. The average Bonchev–Trinajstić information content (AvgIpc) is 3.10. The van der Waals surface area contributed by atoms with Crippen molar-refractivity contribution in [1.29, 1.82) is 0 Å². The van der Waals surface area contributed by atoms with Crippen LogP contribution in [0.25, 0.3) is 33.5 Å². The number of hydrogen-bond acceptors (Lipinski definition) is 9. The van der Waals surface area contributed by atoms with E-state index in [4.69, 9.17) is 50.0 Å². The van der Waals surface area contributed by atoms with E-state index in [-0.39, 0.29) is 5.91 Å². The van der Waals surface area contributed by atoms with E-state index in [2.05, 4.69) is 5.32 Å². The second kappa shape index (κ2) is 14.3. The van der Waals surface area contributed by atoms with Crippen LogP contribution < -0.4 is 33.7 Å². The van der Waals surface area contributed by atoms with Gasteiger partial charge in [0.05, 0.1) is 65.1 Å². The zero-order valence-electron chi connectivity index (χ0n) is 26.4. The molecule has 1 aromatic heterocycles. The van der Waals surface area contributed by atoms with Gasteiger partial charge in [0.25, 0.3) is 5.91 Å². The molecule has 46 heavy (non-hydrogen) atoms. The molecule has 11 heteroatoms. The number of aromatic nitrogens is 2. The smallest absolute Gasteiger partial charge is 0.251 e. The Bertz CT molecular complexity index is 1830. The summed E-state index contributed by atoms with van der Waals surface area (Å²) in [6, 6.07) is 20.0. The van der Waals surface area contributed by atoms with Gasteiger partial charge >= 0.3 is 0 Å². The summed E-state index contributed by atoms with van der Waals surface area (Å²) >= 11 is 5.99. The largest absolute Gasteiger partial charge is 0.493 e. The average molecular weight is 644 g/mol. The lowest BCUT2D eigenvalue weighted by Gasteiger charge is -2.18. The van der Waals surface area contributed by atoms with E-state index in [1.807, 2.05) is 24.3 Å². The molecule has 10 nitrogen and oxygen atoms in total. The fourth-order valence-electron chi connectivity index (χ4n) is 5.11. The van der Waals surface area contributed by atoms with E-state index in [0.717, 1.165) is 5.56 Å². The number of fused-ring (bicyclic) bond motifs is 1. The molecule has 0 aliphatic heterocycles. The van der Waals surface area contributed by atoms with Gasteiger partial charge in [-0.3, -0.25) is 4.79 Å². The number of ether oxygens (including phenoxy) is 6. The van der Waals surface area contributed by atoms with Gasteiger partial charge in [-0.15, -0.1) is 0 Å². The van der Waals surface area contributed by atoms with E-state index in [1.54, 1.807) is 85.1 Å². The highest BCUT2D eigenvalue weighted by atomic mass is 35.5. The number of carbonyl (C=O) groups is 1. The number of benzene rings is 4. The molecule has 0 radical (unpaired) electrons. The van der Waals surface area contributed by atoms with Crippen LogP contribution in [0, 0.1) is 0 Å². The van der Waals surface area contributed by atoms with Gasteiger partial charge in [-0.05, 0) is 66.6 Å². The van der Waals surface area contributed by atoms with Crippen molar-refractivity contribution < 1.29 is 33.2 Å². The molecule has 0 bridgehead atoms. The Balaban J connectivity index is 1.62. The van der Waals surface area contributed by atoms with Crippen LogP contribution in [0.15, 0.2) is 66.7 Å². The van der Waals surface area contributed by atoms with Crippen molar-refractivity contribution in [2.24, 2.45) is 0 Å². The lowest BCUT2D eigenvalue weighted by molar-refractivity contribution is 0.0954. The van der Waals surface area contributed by atoms with Gasteiger partial charge in [0.2, 0.25) is 11.5 Å². The van der Waals surface area contributed by atoms with Crippen molar-refractivity contribution in [2.45, 2.75) is 6.42 Å². The molecule has 5 aromatic rings. The van der Waals surface area contributed by atoms with E-state index in [9.17, 15) is 4.79 Å². The molecule has 238 valence electrons. The SMILES string of the molecule is COc1cc(-c2nc3ccc(C(=O)NCCc4ccc(Cl)cc4)cc3nc2-c2cc(OC)c(OC)c(OC)c2)cc(OC)c1OC. The predicted octanol–water partition coefficient (Wildman–Crippen LogP) is 6.64. The van der Waals surface area contributed by atoms with Gasteiger partial charge in [-0.1, -0.05) is 23.7 Å². The highest BCUT2D eigenvalue weighted by Gasteiger charge is 2.22. The van der Waals surface area contributed by atoms with Crippen LogP contribution in [0.2, 0.25) is 5.02 Å². The quantitative estimate of drug-likeness (QED) is 0.160. The minimum atomic E-state index is -0.222. The van der Waals surface area contributed by atoms with Crippen molar-refractivity contribution in [2.75, 3.05) is 49.2 Å². The summed E-state index contributed by atoms with van der Waals surface area (Å²) < 4.78 is 33.6. The van der Waals surface area contributed by atoms with Gasteiger partial charge in [0, 0.05) is 28.3 Å². The van der Waals surface area contributed by atoms with Crippen LogP contribution in [0.5, 0.6) is 34.5 Å². The molecule has 1 amide bonds. The monoisotopic (exact) mass is 643 g/mol. The lowest BCUT2D eigenvalue weighted by atomic mass is 10.0. The van der Waals surface area contributed by atoms with Gasteiger partial charge in [-0.25, -0.2) is 9.97 Å². The molecule has 0 aliphatic rings. The van der Waals surface area contributed by atoms with Crippen molar-refractivity contribution >= 4 is 28.5 Å². The minimum absolute atomic E-state index is 0.222. The Morgan fingerprint density at radius 2 is 1.11 bits per heavy atom. The number of hydrogen-bond donors (Lipinski definition) is 1. The molecular formula is C35H34ClN3O7. The molecule has 5 rings (SSSR count). The van der Waals surface area contributed by atoms with Crippen LogP contribution in [0.3, 0.4) is 0 Å². The normalized spacial score (nSPS) is 10.8. The molecule has 0 fully saturated rings. The first-order valence-corrected chi connectivity index (χ1v) is 14.7. The molecule has 0 saturated carbocycles. The summed E-state index contributed by atoms with van der Waals surface area (Å²) in [4.78, 5) is 23.2. The zero-order valence-corrected chi connectivity index (χ0v) is 27.2. The molecule has 0 aliphatic carbocycles. The topological polar surface area (TPSA) is 110 Å². The number of carbonyl (C=O) groups excluding carboxylic acids is 1. The maximum Gasteiger partial charge on any atom is 0.251 e. The summed E-state index contributed by atoms with van der Waals surface area (Å²) in [5.41, 5.74) is 4.96. The van der Waals surface area contributed by atoms with Gasteiger partial charge in [-0.2, -0.15) is 0 Å². The summed E-state index contributed by atoms with van der Waals surface area (Å²) in [5, 5.41) is 3.65. The van der Waals surface area contributed by atoms with Crippen molar-refractivity contribution in [3.8, 4) is 57.0 Å². The number of nitrogens with zero attached hydrogens (tertiary/aromatic N) is 2. The first kappa shape index (κ1) is 32.2. The van der Waals surface area contributed by atoms with Crippen molar-refractivity contribution in [3.63, 3.8) is 0 Å². The zero-order chi connectivity index (χ0) is 32.8. The predicted molar refractivity (Wildman–Crippen MR) is 177 cm³/mol. The Labute approximate surface area is 272 Å². The summed E-state index contributed by atoms with van der Waals surface area (Å²) in [5.74, 6) is 2.48. The number of rotatable bonds is 12. The third-order valence-electron chi connectivity index (χ3n) is 7.42. The summed E-state index contributed by atoms with van der Waals surface area (Å²) in [6.07, 6.45) is 0.666. The second-order valence-electron chi connectivity index (χ2n) is 10.1. The highest BCUT2D eigenvalue weighted by molar-refractivity contribution is 6.30. The highest BCUT2D eigenvalue weighted by Crippen LogP contribution is 2.45. The summed E-state index contributed by atoms with van der Waals surface area (Å²) in [6.45, 7) is 0.459. The number of halogens is 1. The minimum Gasteiger partial charge on any atom is -0.493 e. The standard InChI is InChI=1S/C35H34ClN3O7/c1-41-27-16-22(17-28(42-2)33(27)45-5)31-32(23-18-29(43-3)34(46-6)30(19-23)44-4)39-26-15-21(9-12-25(26)38-31)35(40)37-14-13-20-7-10-24(36)11-8-20/h7-12,15-19H,13-14H2,1-6H3,(H,37,40). The molecule has 0 saturated heterocycles. The fourth-order valence-corrected chi connectivity index (χ4v) is 5.23. The number of nitrogens with one attached hydrogen (secondary N) is 1. The Morgan fingerprint density at radius 1 is 0.630 bits per heavy atom. The molecule has 0 unspecified atom stereocenters. The second-order valence-corrected chi connectivity index (χ2v) is 10.5. The van der Waals surface area contributed by atoms with Gasteiger partial charge in [0.15, 0.2) is 23.0 Å². The molecule has 4 aromatic carbocycles. The maximum absolute atomic E-state index is 13.1. The molecule has 1 N–H and O–H groups in total. The van der Waals surface area contributed by atoms with Gasteiger partial charge < -0.3 is 33.7 Å². The van der Waals surface area contributed by atoms with E-state index in [1.165, 1.54) is 0 Å². The van der Waals surface area contributed by atoms with Gasteiger partial charge in [0.1, 0.15) is 0 Å².